The van der Waals surface area contributed by atoms with Crippen molar-refractivity contribution in [2.75, 3.05) is 7.11 Å². The molecule has 4 nitrogen and oxygen atoms in total. The van der Waals surface area contributed by atoms with Crippen molar-refractivity contribution >= 4 is 17.3 Å². The van der Waals surface area contributed by atoms with E-state index in [0.29, 0.717) is 10.6 Å². The maximum absolute atomic E-state index is 14.1. The first-order valence-electron chi connectivity index (χ1n) is 8.23. The van der Waals surface area contributed by atoms with E-state index in [9.17, 15) is 18.0 Å². The topological polar surface area (TPSA) is 48.4 Å². The molecule has 0 amide bonds. The summed E-state index contributed by atoms with van der Waals surface area (Å²) in [7, 11) is 0.836. The minimum atomic E-state index is -5.04. The molecule has 0 spiro atoms. The van der Waals surface area contributed by atoms with Crippen LogP contribution in [0.2, 0.25) is 0 Å². The Bertz CT molecular complexity index is 901. The summed E-state index contributed by atoms with van der Waals surface area (Å²) in [6.45, 7) is 0. The fourth-order valence-electron chi connectivity index (χ4n) is 2.83. The largest absolute Gasteiger partial charge is 0.447 e. The smallest absolute Gasteiger partial charge is 0.432 e. The normalized spacial score (nSPS) is 14.9. The second kappa shape index (κ2) is 8.12. The lowest BCUT2D eigenvalue weighted by molar-refractivity contribution is -0.277. The summed E-state index contributed by atoms with van der Waals surface area (Å²) in [6, 6.07) is 15.2. The van der Waals surface area contributed by atoms with Crippen LogP contribution in [0.5, 0.6) is 0 Å². The van der Waals surface area contributed by atoms with Crippen molar-refractivity contribution < 1.29 is 27.4 Å². The lowest BCUT2D eigenvalue weighted by Gasteiger charge is -2.33. The quantitative estimate of drug-likeness (QED) is 0.547. The first-order valence-corrected chi connectivity index (χ1v) is 9.11. The number of alkyl halides is 3. The Morgan fingerprint density at radius 2 is 1.64 bits per heavy atom. The number of hydrogen-bond donors (Lipinski definition) is 0. The summed E-state index contributed by atoms with van der Waals surface area (Å²) in [4.78, 5) is 17.0. The molecule has 0 fully saturated rings. The average molecular weight is 407 g/mol. The molecule has 0 N–H and O–H groups in total. The lowest BCUT2D eigenvalue weighted by Crippen LogP contribution is -2.52. The molecular weight excluding hydrogens is 391 g/mol. The van der Waals surface area contributed by atoms with Crippen molar-refractivity contribution in [1.29, 1.82) is 0 Å². The van der Waals surface area contributed by atoms with Crippen LogP contribution >= 0.6 is 11.3 Å². The van der Waals surface area contributed by atoms with Crippen molar-refractivity contribution in [2.24, 2.45) is 0 Å². The van der Waals surface area contributed by atoms with Gasteiger partial charge in [0.05, 0.1) is 0 Å². The van der Waals surface area contributed by atoms with Crippen LogP contribution in [0.25, 0.3) is 0 Å². The number of halogens is 3. The summed E-state index contributed by atoms with van der Waals surface area (Å²) in [5.41, 5.74) is -3.11. The van der Waals surface area contributed by atoms with Gasteiger partial charge in [-0.15, -0.1) is 11.3 Å². The van der Waals surface area contributed by atoms with Crippen LogP contribution in [0.1, 0.15) is 22.2 Å². The summed E-state index contributed by atoms with van der Waals surface area (Å²) in [5, 5.41) is 2.02. The third kappa shape index (κ3) is 3.65. The number of hydrogen-bond acceptors (Lipinski definition) is 5. The highest BCUT2D eigenvalue weighted by atomic mass is 32.1. The minimum absolute atomic E-state index is 0.360. The van der Waals surface area contributed by atoms with E-state index in [1.54, 1.807) is 41.8 Å². The number of aromatic nitrogens is 1. The molecule has 146 valence electrons. The molecule has 2 aromatic carbocycles. The molecule has 2 atom stereocenters. The van der Waals surface area contributed by atoms with E-state index in [0.717, 1.165) is 7.11 Å². The zero-order valence-corrected chi connectivity index (χ0v) is 15.5. The monoisotopic (exact) mass is 407 g/mol. The molecule has 0 saturated heterocycles. The Kier molecular flexibility index (Phi) is 5.81. The molecule has 1 aromatic heterocycles. The van der Waals surface area contributed by atoms with E-state index < -0.39 is 23.9 Å². The Morgan fingerprint density at radius 3 is 2.14 bits per heavy atom. The molecule has 0 aliphatic heterocycles. The number of esters is 1. The van der Waals surface area contributed by atoms with Crippen molar-refractivity contribution in [3.8, 4) is 0 Å². The molecule has 8 heteroatoms. The second-order valence-corrected chi connectivity index (χ2v) is 6.74. The fourth-order valence-corrected chi connectivity index (χ4v) is 3.52. The second-order valence-electron chi connectivity index (χ2n) is 5.82. The lowest BCUT2D eigenvalue weighted by atomic mass is 9.92. The van der Waals surface area contributed by atoms with Gasteiger partial charge >= 0.3 is 12.1 Å². The number of methoxy groups -OCH3 is 1. The predicted octanol–water partition coefficient (Wildman–Crippen LogP) is 4.88. The van der Waals surface area contributed by atoms with Crippen LogP contribution in [0.15, 0.2) is 72.2 Å². The van der Waals surface area contributed by atoms with Crippen LogP contribution in [0, 0.1) is 0 Å². The van der Waals surface area contributed by atoms with E-state index in [2.05, 4.69) is 4.98 Å². The molecule has 28 heavy (non-hydrogen) atoms. The highest BCUT2D eigenvalue weighted by Gasteiger charge is 2.64. The highest BCUT2D eigenvalue weighted by Crippen LogP contribution is 2.44. The van der Waals surface area contributed by atoms with Gasteiger partial charge in [0.1, 0.15) is 5.01 Å². The van der Waals surface area contributed by atoms with Crippen LogP contribution in [-0.2, 0) is 19.9 Å². The van der Waals surface area contributed by atoms with E-state index in [1.165, 1.54) is 41.8 Å². The first kappa shape index (κ1) is 20.0. The summed E-state index contributed by atoms with van der Waals surface area (Å²) < 4.78 is 52.4. The summed E-state index contributed by atoms with van der Waals surface area (Å²) in [6.07, 6.45) is -4.63. The minimum Gasteiger partial charge on any atom is -0.447 e. The van der Waals surface area contributed by atoms with Gasteiger partial charge in [-0.1, -0.05) is 60.7 Å². The van der Waals surface area contributed by atoms with Gasteiger partial charge in [0, 0.05) is 24.3 Å². The fraction of sp³-hybridized carbons (Fsp3) is 0.200. The molecule has 0 aliphatic rings. The van der Waals surface area contributed by atoms with Crippen molar-refractivity contribution in [1.82, 2.24) is 4.98 Å². The van der Waals surface area contributed by atoms with Gasteiger partial charge in [0.2, 0.25) is 0 Å². The Hall–Kier alpha value is -2.71. The highest BCUT2D eigenvalue weighted by molar-refractivity contribution is 7.09. The number of carbonyl (C=O) groups excluding carboxylic acids is 1. The van der Waals surface area contributed by atoms with Gasteiger partial charge < -0.3 is 9.47 Å². The molecule has 3 rings (SSSR count). The van der Waals surface area contributed by atoms with Crippen LogP contribution in [-0.4, -0.2) is 24.2 Å². The van der Waals surface area contributed by atoms with Crippen molar-refractivity contribution in [3.05, 3.63) is 88.4 Å². The third-order valence-electron chi connectivity index (χ3n) is 4.18. The van der Waals surface area contributed by atoms with Gasteiger partial charge in [0.25, 0.3) is 5.60 Å². The number of carbonyl (C=O) groups is 1. The standard InChI is InChI=1S/C20H16F3NO3S/c1-26-19(20(21,22)23,15-10-6-3-7-11-15)18(25)27-16(17-24-12-13-28-17)14-8-4-2-5-9-14/h2-13,16H,1H3/t16-,19+/m1/s1. The number of ether oxygens (including phenoxy) is 2. The SMILES string of the molecule is CO[C@](C(=O)O[C@H](c1ccccc1)c1nccs1)(c1ccccc1)C(F)(F)F. The Balaban J connectivity index is 2.05. The van der Waals surface area contributed by atoms with E-state index in [4.69, 9.17) is 9.47 Å². The average Bonchev–Trinajstić information content (AvgIpc) is 3.22. The molecule has 0 saturated carbocycles. The van der Waals surface area contributed by atoms with Gasteiger partial charge in [-0.25, -0.2) is 9.78 Å². The van der Waals surface area contributed by atoms with E-state index in [-0.39, 0.29) is 5.56 Å². The maximum Gasteiger partial charge on any atom is 0.432 e. The van der Waals surface area contributed by atoms with Gasteiger partial charge in [0.15, 0.2) is 6.10 Å². The number of thiazole rings is 1. The van der Waals surface area contributed by atoms with E-state index >= 15 is 0 Å². The van der Waals surface area contributed by atoms with Crippen molar-refractivity contribution in [3.63, 3.8) is 0 Å². The molecule has 3 aromatic rings. The van der Waals surface area contributed by atoms with Gasteiger partial charge in [-0.2, -0.15) is 13.2 Å². The molecule has 1 heterocycles. The van der Waals surface area contributed by atoms with Crippen LogP contribution < -0.4 is 0 Å². The molecular formula is C20H16F3NO3S. The molecule has 0 bridgehead atoms. The number of nitrogens with zero attached hydrogens (tertiary/aromatic N) is 1. The predicted molar refractivity (Wildman–Crippen MR) is 97.7 cm³/mol. The number of benzene rings is 2. The van der Waals surface area contributed by atoms with Gasteiger partial charge in [-0.3, -0.25) is 0 Å². The number of rotatable bonds is 6. The Morgan fingerprint density at radius 1 is 1.04 bits per heavy atom. The van der Waals surface area contributed by atoms with Gasteiger partial charge in [-0.05, 0) is 5.56 Å². The maximum atomic E-state index is 14.1. The van der Waals surface area contributed by atoms with Crippen molar-refractivity contribution in [2.45, 2.75) is 17.9 Å². The molecule has 0 radical (unpaired) electrons. The Labute approximate surface area is 163 Å². The zero-order chi connectivity index (χ0) is 20.2. The van der Waals surface area contributed by atoms with E-state index in [1.807, 2.05) is 0 Å². The summed E-state index contributed by atoms with van der Waals surface area (Å²) in [5.74, 6) is -1.56. The zero-order valence-electron chi connectivity index (χ0n) is 14.7. The van der Waals surface area contributed by atoms with Crippen LogP contribution in [0.4, 0.5) is 13.2 Å². The molecule has 0 aliphatic carbocycles. The molecule has 0 unspecified atom stereocenters. The van der Waals surface area contributed by atoms with Crippen LogP contribution in [0.3, 0.4) is 0 Å². The third-order valence-corrected chi connectivity index (χ3v) is 4.99. The summed E-state index contributed by atoms with van der Waals surface area (Å²) >= 11 is 1.18. The first-order chi connectivity index (χ1) is 13.4.